The molecule has 1 aromatic heterocycles. The number of ketones is 1. The molecule has 0 aliphatic heterocycles. The van der Waals surface area contributed by atoms with E-state index in [0.717, 1.165) is 15.8 Å². The summed E-state index contributed by atoms with van der Waals surface area (Å²) in [7, 11) is 0. The van der Waals surface area contributed by atoms with Crippen molar-refractivity contribution in [1.82, 2.24) is 0 Å². The fourth-order valence-electron chi connectivity index (χ4n) is 2.07. The average molecular weight is 340 g/mol. The molecule has 0 spiro atoms. The summed E-state index contributed by atoms with van der Waals surface area (Å²) >= 11 is 7.20. The Kier molecular flexibility index (Phi) is 5.32. The first-order valence-corrected chi connectivity index (χ1v) is 7.91. The quantitative estimate of drug-likeness (QED) is 0.798. The molecule has 22 heavy (non-hydrogen) atoms. The largest absolute Gasteiger partial charge is 0.324 e. The molecule has 0 fully saturated rings. The average Bonchev–Trinajstić information content (AvgIpc) is 2.78. The van der Waals surface area contributed by atoms with Crippen LogP contribution in [0.5, 0.6) is 0 Å². The lowest BCUT2D eigenvalue weighted by Crippen LogP contribution is -2.14. The van der Waals surface area contributed by atoms with E-state index in [9.17, 15) is 14.0 Å². The molecule has 0 unspecified atom stereocenters. The number of hydrogen-bond acceptors (Lipinski definition) is 3. The Hall–Kier alpha value is -1.72. The number of rotatable bonds is 5. The molecule has 116 valence electrons. The van der Waals surface area contributed by atoms with E-state index in [1.807, 2.05) is 19.9 Å². The van der Waals surface area contributed by atoms with Gasteiger partial charge >= 0.3 is 0 Å². The van der Waals surface area contributed by atoms with Gasteiger partial charge in [-0.2, -0.15) is 0 Å². The molecule has 0 radical (unpaired) electrons. The van der Waals surface area contributed by atoms with Crippen LogP contribution in [0.1, 0.15) is 33.0 Å². The number of carbonyl (C=O) groups is 2. The normalized spacial score (nSPS) is 10.5. The third-order valence-corrected chi connectivity index (χ3v) is 4.33. The molecule has 0 bridgehead atoms. The van der Waals surface area contributed by atoms with Gasteiger partial charge in [0.15, 0.2) is 5.78 Å². The van der Waals surface area contributed by atoms with Crippen LogP contribution in [-0.4, -0.2) is 11.7 Å². The van der Waals surface area contributed by atoms with Gasteiger partial charge in [0.2, 0.25) is 5.91 Å². The molecule has 1 heterocycles. The summed E-state index contributed by atoms with van der Waals surface area (Å²) < 4.78 is 13.6. The van der Waals surface area contributed by atoms with Crippen LogP contribution in [0.25, 0.3) is 0 Å². The predicted molar refractivity (Wildman–Crippen MR) is 87.4 cm³/mol. The van der Waals surface area contributed by atoms with Crippen molar-refractivity contribution in [3.05, 3.63) is 50.4 Å². The molecule has 0 aliphatic rings. The number of anilines is 1. The fraction of sp³-hybridized carbons (Fsp3) is 0.250. The van der Waals surface area contributed by atoms with Crippen LogP contribution in [-0.2, 0) is 4.79 Å². The van der Waals surface area contributed by atoms with E-state index in [4.69, 9.17) is 11.6 Å². The van der Waals surface area contributed by atoms with Crippen molar-refractivity contribution >= 4 is 40.3 Å². The van der Waals surface area contributed by atoms with Crippen LogP contribution in [0.3, 0.4) is 0 Å². The van der Waals surface area contributed by atoms with Gasteiger partial charge in [0.25, 0.3) is 0 Å². The molecule has 2 rings (SSSR count). The molecular weight excluding hydrogens is 325 g/mol. The number of nitrogens with one attached hydrogen (secondary N) is 1. The van der Waals surface area contributed by atoms with Crippen molar-refractivity contribution in [2.75, 3.05) is 5.32 Å². The lowest BCUT2D eigenvalue weighted by Gasteiger charge is -2.06. The number of carbonyl (C=O) groups excluding carboxylic acids is 2. The summed E-state index contributed by atoms with van der Waals surface area (Å²) in [5.74, 6) is -1.08. The van der Waals surface area contributed by atoms with E-state index >= 15 is 0 Å². The van der Waals surface area contributed by atoms with Crippen LogP contribution in [0.2, 0.25) is 5.02 Å². The molecule has 6 heteroatoms. The zero-order valence-electron chi connectivity index (χ0n) is 12.2. The summed E-state index contributed by atoms with van der Waals surface area (Å²) in [4.78, 5) is 25.9. The number of amides is 1. The summed E-state index contributed by atoms with van der Waals surface area (Å²) in [5.41, 5.74) is 0.720. The smallest absolute Gasteiger partial charge is 0.224 e. The molecule has 1 amide bonds. The minimum Gasteiger partial charge on any atom is -0.324 e. The van der Waals surface area contributed by atoms with Crippen molar-refractivity contribution in [3.8, 4) is 0 Å². The molecule has 0 saturated carbocycles. The topological polar surface area (TPSA) is 46.2 Å². The Labute approximate surface area is 137 Å². The van der Waals surface area contributed by atoms with Gasteiger partial charge in [0.1, 0.15) is 5.82 Å². The number of benzene rings is 1. The van der Waals surface area contributed by atoms with Crippen molar-refractivity contribution < 1.29 is 14.0 Å². The maximum absolute atomic E-state index is 13.6. The van der Waals surface area contributed by atoms with E-state index in [2.05, 4.69) is 5.32 Å². The fourth-order valence-corrected chi connectivity index (χ4v) is 3.17. The van der Waals surface area contributed by atoms with Gasteiger partial charge in [-0.3, -0.25) is 9.59 Å². The minimum absolute atomic E-state index is 0.00916. The first kappa shape index (κ1) is 16.6. The van der Waals surface area contributed by atoms with E-state index < -0.39 is 11.7 Å². The minimum atomic E-state index is -0.600. The maximum atomic E-state index is 13.6. The summed E-state index contributed by atoms with van der Waals surface area (Å²) in [6, 6.07) is 5.84. The Bertz CT molecular complexity index is 727. The van der Waals surface area contributed by atoms with Crippen molar-refractivity contribution in [2.45, 2.75) is 26.7 Å². The van der Waals surface area contributed by atoms with Gasteiger partial charge in [-0.05, 0) is 38.1 Å². The van der Waals surface area contributed by atoms with E-state index in [0.29, 0.717) is 5.56 Å². The first-order chi connectivity index (χ1) is 10.4. The SMILES string of the molecule is Cc1cc(C(=O)CCC(=O)Nc2ccc(Cl)cc2F)c(C)s1. The second kappa shape index (κ2) is 7.03. The first-order valence-electron chi connectivity index (χ1n) is 6.72. The van der Waals surface area contributed by atoms with Gasteiger partial charge in [-0.25, -0.2) is 4.39 Å². The third-order valence-electron chi connectivity index (χ3n) is 3.13. The predicted octanol–water partition coefficient (Wildman–Crippen LogP) is 4.76. The second-order valence-electron chi connectivity index (χ2n) is 4.92. The molecule has 0 aliphatic carbocycles. The van der Waals surface area contributed by atoms with Crippen LogP contribution in [0.15, 0.2) is 24.3 Å². The van der Waals surface area contributed by atoms with Gasteiger partial charge < -0.3 is 5.32 Å². The number of aryl methyl sites for hydroxylation is 2. The molecule has 1 aromatic carbocycles. The monoisotopic (exact) mass is 339 g/mol. The highest BCUT2D eigenvalue weighted by Gasteiger charge is 2.14. The zero-order valence-corrected chi connectivity index (χ0v) is 13.8. The highest BCUT2D eigenvalue weighted by molar-refractivity contribution is 7.12. The van der Waals surface area contributed by atoms with Crippen LogP contribution in [0.4, 0.5) is 10.1 Å². The number of thiophene rings is 1. The molecule has 2 aromatic rings. The molecule has 1 N–H and O–H groups in total. The van der Waals surface area contributed by atoms with Gasteiger partial charge in [-0.1, -0.05) is 11.6 Å². The van der Waals surface area contributed by atoms with Crippen molar-refractivity contribution in [1.29, 1.82) is 0 Å². The van der Waals surface area contributed by atoms with Crippen LogP contribution in [0, 0.1) is 19.7 Å². The van der Waals surface area contributed by atoms with E-state index in [-0.39, 0.29) is 29.3 Å². The molecule has 3 nitrogen and oxygen atoms in total. The number of hydrogen-bond donors (Lipinski definition) is 1. The lowest BCUT2D eigenvalue weighted by atomic mass is 10.1. The Balaban J connectivity index is 1.92. The Morgan fingerprint density at radius 1 is 1.23 bits per heavy atom. The molecular formula is C16H15ClFNO2S. The summed E-state index contributed by atoms with van der Waals surface area (Å²) in [5, 5.41) is 2.70. The van der Waals surface area contributed by atoms with E-state index in [1.54, 1.807) is 11.3 Å². The summed E-state index contributed by atoms with van der Waals surface area (Å²) in [6.07, 6.45) is 0.104. The third kappa shape index (κ3) is 4.15. The van der Waals surface area contributed by atoms with Gasteiger partial charge in [0.05, 0.1) is 5.69 Å². The highest BCUT2D eigenvalue weighted by Crippen LogP contribution is 2.23. The van der Waals surface area contributed by atoms with Crippen LogP contribution >= 0.6 is 22.9 Å². The molecule has 0 saturated heterocycles. The number of Topliss-reactive ketones (excluding diaryl/α,β-unsaturated/α-hetero) is 1. The van der Waals surface area contributed by atoms with Crippen molar-refractivity contribution in [2.24, 2.45) is 0 Å². The maximum Gasteiger partial charge on any atom is 0.224 e. The van der Waals surface area contributed by atoms with Crippen molar-refractivity contribution in [3.63, 3.8) is 0 Å². The standard InChI is InChI=1S/C16H15ClFNO2S/c1-9-7-12(10(2)22-9)15(20)5-6-16(21)19-14-4-3-11(17)8-13(14)18/h3-4,7-8H,5-6H2,1-2H3,(H,19,21). The second-order valence-corrected chi connectivity index (χ2v) is 6.82. The van der Waals surface area contributed by atoms with E-state index in [1.165, 1.54) is 12.1 Å². The zero-order chi connectivity index (χ0) is 16.3. The number of halogens is 2. The highest BCUT2D eigenvalue weighted by atomic mass is 35.5. The summed E-state index contributed by atoms with van der Waals surface area (Å²) in [6.45, 7) is 3.82. The molecule has 0 atom stereocenters. The Morgan fingerprint density at radius 3 is 2.55 bits per heavy atom. The van der Waals surface area contributed by atoms with Crippen LogP contribution < -0.4 is 5.32 Å². The Morgan fingerprint density at radius 2 is 1.95 bits per heavy atom. The lowest BCUT2D eigenvalue weighted by molar-refractivity contribution is -0.116. The van der Waals surface area contributed by atoms with Gasteiger partial charge in [-0.15, -0.1) is 11.3 Å². The van der Waals surface area contributed by atoms with Gasteiger partial charge in [0, 0.05) is 33.2 Å².